The first-order valence-corrected chi connectivity index (χ1v) is 47.5. The molecular weight excluding hydrogens is 1850 g/mol. The number of piperazine rings is 4. The Kier molecular flexibility index (Phi) is 41.2. The number of nitriles is 4. The second-order valence-electron chi connectivity index (χ2n) is 29.3. The van der Waals surface area contributed by atoms with Crippen LogP contribution in [0.2, 0.25) is 0 Å². The first kappa shape index (κ1) is 100. The minimum atomic E-state index is -3.01. The zero-order chi connectivity index (χ0) is 91.8. The van der Waals surface area contributed by atoms with E-state index in [9.17, 15) is 40.4 Å². The summed E-state index contributed by atoms with van der Waals surface area (Å²) in [4.78, 5) is 113. The van der Waals surface area contributed by atoms with Gasteiger partial charge in [0.2, 0.25) is 5.91 Å². The Bertz CT molecular complexity index is 5200. The van der Waals surface area contributed by atoms with Crippen LogP contribution in [0.3, 0.4) is 0 Å². The van der Waals surface area contributed by atoms with E-state index in [1.807, 2.05) is 76.8 Å². The minimum Gasteiger partial charge on any atom is -0.480 e. The second-order valence-corrected chi connectivity index (χ2v) is 39.2. The molecule has 51 heteroatoms. The number of sulfone groups is 2. The van der Waals surface area contributed by atoms with Crippen molar-refractivity contribution in [2.45, 2.75) is 77.7 Å². The number of ether oxygens (including phenoxy) is 2. The number of nitrogens with two attached hydrogens (primary N) is 1. The monoisotopic (exact) mass is 1940 g/mol. The number of aromatic nitrogens is 12. The van der Waals surface area contributed by atoms with E-state index in [4.69, 9.17) is 65.9 Å². The maximum absolute atomic E-state index is 12.3. The summed E-state index contributed by atoms with van der Waals surface area (Å²) in [5.74, 6) is 5.07. The van der Waals surface area contributed by atoms with E-state index < -0.39 is 38.4 Å². The molecule has 6 aliphatic rings. The van der Waals surface area contributed by atoms with E-state index in [-0.39, 0.29) is 82.3 Å². The predicted molar refractivity (Wildman–Crippen MR) is 483 cm³/mol. The number of rotatable bonds is 20. The van der Waals surface area contributed by atoms with Crippen LogP contribution in [-0.4, -0.2) is 309 Å². The molecule has 1 amide bonds. The molecule has 674 valence electrons. The molecule has 14 heterocycles. The normalized spacial score (nSPS) is 17.2. The lowest BCUT2D eigenvalue weighted by Crippen LogP contribution is -2.50. The molecule has 14 rings (SSSR count). The molecule has 0 saturated carbocycles. The molecule has 8 aromatic heterocycles. The average Bonchev–Trinajstić information content (AvgIpc) is 1.58. The highest BCUT2D eigenvalue weighted by Gasteiger charge is 2.31. The highest BCUT2D eigenvalue weighted by atomic mass is 79.9. The van der Waals surface area contributed by atoms with Gasteiger partial charge >= 0.3 is 17.9 Å². The lowest BCUT2D eigenvalue weighted by molar-refractivity contribution is -0.156. The molecule has 0 spiro atoms. The highest BCUT2D eigenvalue weighted by Crippen LogP contribution is 2.29. The number of hydrogen-bond donors (Lipinski definition) is 8. The quantitative estimate of drug-likeness (QED) is 0.0296. The first-order chi connectivity index (χ1) is 60.1. The average molecular weight is 1950 g/mol. The fourth-order valence-corrected chi connectivity index (χ4v) is 17.9. The van der Waals surface area contributed by atoms with Gasteiger partial charge in [-0.15, -0.1) is 23.2 Å². The van der Waals surface area contributed by atoms with Gasteiger partial charge in [-0.05, 0) is 54.4 Å². The van der Waals surface area contributed by atoms with Crippen LogP contribution in [-0.2, 0) is 48.3 Å². The Labute approximate surface area is 759 Å². The van der Waals surface area contributed by atoms with Gasteiger partial charge in [0.1, 0.15) is 132 Å². The largest absolute Gasteiger partial charge is 0.480 e. The maximum Gasteiger partial charge on any atom is 0.320 e. The Balaban J connectivity index is 0.000000214. The van der Waals surface area contributed by atoms with Crippen LogP contribution < -0.4 is 57.2 Å². The first-order valence-electron chi connectivity index (χ1n) is 39.1. The van der Waals surface area contributed by atoms with Crippen LogP contribution in [0.5, 0.6) is 0 Å². The number of halogens is 4. The van der Waals surface area contributed by atoms with E-state index >= 15 is 0 Å². The number of anilines is 12. The molecule has 41 nitrogen and oxygen atoms in total. The SMILES string of the molecule is CC(C)(C)OC(=O)CBr.CC(C)(C)OC(=O)CN1CCN(c2cc(Nc3ncc(C#N)s3)ncn2)CC1.ClCCl.N#Cc1cnc(Nc2cc(N3CCN(CC(=O)NC4CCS(=O)(=O)C4)CC3)ncn2)s1.N#Cc1cnc(Nc2cc(N3CCN(CC(=O)O)CC3)ncn2)s1.N#Cc1cnc(Nc2cc(N3CCNCC3)ncn2)s1.NC1CCS(=O)(=O)C1.[2H]CF. The zero-order valence-corrected chi connectivity index (χ0v) is 77.2. The number of amides is 1. The van der Waals surface area contributed by atoms with Crippen LogP contribution >= 0.6 is 84.5 Å². The Morgan fingerprint density at radius 2 is 0.840 bits per heavy atom. The summed E-state index contributed by atoms with van der Waals surface area (Å²) in [5.41, 5.74) is 4.51. The molecule has 8 aromatic rings. The lowest BCUT2D eigenvalue weighted by Gasteiger charge is -2.35. The van der Waals surface area contributed by atoms with Crippen LogP contribution in [0.1, 0.15) is 75.3 Å². The van der Waals surface area contributed by atoms with Gasteiger partial charge in [0, 0.05) is 141 Å². The van der Waals surface area contributed by atoms with Gasteiger partial charge in [-0.1, -0.05) is 61.3 Å². The number of hydrogen-bond acceptors (Lipinski definition) is 43. The van der Waals surface area contributed by atoms with E-state index in [1.54, 1.807) is 12.5 Å². The smallest absolute Gasteiger partial charge is 0.320 e. The lowest BCUT2D eigenvalue weighted by atomic mass is 10.2. The maximum atomic E-state index is 12.3. The van der Waals surface area contributed by atoms with Gasteiger partial charge in [-0.25, -0.2) is 76.6 Å². The molecule has 0 radical (unpaired) electrons. The number of esters is 2. The van der Waals surface area contributed by atoms with Crippen molar-refractivity contribution in [3.05, 3.63) is 93.9 Å². The van der Waals surface area contributed by atoms with Gasteiger partial charge in [0.25, 0.3) is 0 Å². The summed E-state index contributed by atoms with van der Waals surface area (Å²) < 4.78 is 70.0. The number of carboxylic acid groups (broad SMARTS) is 1. The number of carbonyl (C=O) groups excluding carboxylic acids is 3. The third kappa shape index (κ3) is 37.9. The van der Waals surface area contributed by atoms with Crippen molar-refractivity contribution >= 4 is 195 Å². The Morgan fingerprint density at radius 1 is 0.528 bits per heavy atom. The van der Waals surface area contributed by atoms with Crippen molar-refractivity contribution in [1.29, 1.82) is 21.0 Å². The summed E-state index contributed by atoms with van der Waals surface area (Å²) >= 11 is 17.6. The molecule has 125 heavy (non-hydrogen) atoms. The number of carbonyl (C=O) groups is 4. The summed E-state index contributed by atoms with van der Waals surface area (Å²) in [6.45, 7) is 24.2. The molecule has 2 unspecified atom stereocenters. The fraction of sp³-hybridized carbons (Fsp3) is 0.514. The molecule has 6 aliphatic heterocycles. The molecule has 0 aromatic carbocycles. The van der Waals surface area contributed by atoms with E-state index in [0.717, 1.165) is 75.6 Å². The number of alkyl halides is 4. The zero-order valence-electron chi connectivity index (χ0n) is 70.2. The molecular formula is C74H98BrCl2FN30O11S6. The highest BCUT2D eigenvalue weighted by molar-refractivity contribution is 9.09. The van der Waals surface area contributed by atoms with Crippen molar-refractivity contribution in [2.75, 3.05) is 206 Å². The summed E-state index contributed by atoms with van der Waals surface area (Å²) in [6.07, 6.45) is 13.2. The molecule has 6 fully saturated rings. The van der Waals surface area contributed by atoms with E-state index in [2.05, 4.69) is 155 Å². The topological polar surface area (TPSA) is 546 Å². The van der Waals surface area contributed by atoms with Crippen molar-refractivity contribution in [2.24, 2.45) is 5.73 Å². The number of nitrogens with zero attached hydrogens (tertiary/aromatic N) is 23. The molecule has 0 aliphatic carbocycles. The summed E-state index contributed by atoms with van der Waals surface area (Å²) in [7, 11) is -6.73. The van der Waals surface area contributed by atoms with Gasteiger partial charge in [-0.2, -0.15) is 21.0 Å². The van der Waals surface area contributed by atoms with Gasteiger partial charge in [0.05, 0.1) is 81.3 Å². The van der Waals surface area contributed by atoms with Crippen LogP contribution in [0.15, 0.2) is 74.4 Å². The van der Waals surface area contributed by atoms with Gasteiger partial charge < -0.3 is 71.8 Å². The number of aliphatic carboxylic acids is 1. The Hall–Kier alpha value is -10.2. The van der Waals surface area contributed by atoms with Gasteiger partial charge in [-0.3, -0.25) is 38.3 Å². The third-order valence-electron chi connectivity index (χ3n) is 17.4. The number of nitrogens with one attached hydrogen (secondary N) is 6. The van der Waals surface area contributed by atoms with Gasteiger partial charge in [0.15, 0.2) is 40.2 Å². The van der Waals surface area contributed by atoms with Crippen LogP contribution in [0.25, 0.3) is 0 Å². The third-order valence-corrected chi connectivity index (χ3v) is 24.7. The molecule has 0 bridgehead atoms. The van der Waals surface area contributed by atoms with Crippen LogP contribution in [0, 0.1) is 45.3 Å². The number of carboxylic acids is 1. The van der Waals surface area contributed by atoms with Crippen molar-refractivity contribution in [3.8, 4) is 24.3 Å². The van der Waals surface area contributed by atoms with E-state index in [1.165, 1.54) is 82.9 Å². The van der Waals surface area contributed by atoms with E-state index in [0.29, 0.717) is 135 Å². The minimum absolute atomic E-state index is 0.0371. The van der Waals surface area contributed by atoms with Crippen LogP contribution in [0.4, 0.5) is 71.5 Å². The summed E-state index contributed by atoms with van der Waals surface area (Å²) in [6, 6.07) is 15.3. The fourth-order valence-electron chi connectivity index (χ4n) is 12.0. The standard InChI is InChI=1S/C18H22N8O3S2.C18H23N7O2S.C14H15N7O2S.C12H13N7S.C6H11BrO2.C4H9NO2S.CH2Cl2.CH3F/c19-8-14-9-20-18(30-14)24-15-7-16(22-12-21-15)26-4-2-25(3-5-26)10-17(27)23-13-1-6-31(28,29)11-13;1-18(2,3)27-16(26)11-24-4-6-25(7-5-24)15-8-14(21-12-22-15)23-17-20-10-13(9-19)28-17;15-6-10-7-16-14(24-10)19-11-5-12(18-9-17-11)21-3-1-20(2-4-21)8-13(22)23;13-6-9-7-15-12(20-9)18-10-5-11(17-8-16-10)19-3-1-14-2-4-19;1-6(2,3)9-5(8)4-7;5-4-1-2-8(6,7)3-4;2-1-3;1-2/h7,9,12-13H,1-6,10-11H2,(H,23,27)(H,20,21,22,24);8,10,12H,4-7,11H2,1-3H3,(H,20,21,22,23);5,7,9H,1-4,8H2,(H,22,23)(H,16,17,18,19);5,7-8,14H,1-4H2,(H,15,16,17,18);4H2,1-3H3;4H,1-3,5H2;1H2;1H3/i;;;;;;;1D. The Morgan fingerprint density at radius 3 is 1.10 bits per heavy atom. The molecule has 2 atom stereocenters. The van der Waals surface area contributed by atoms with Crippen molar-refractivity contribution < 1.29 is 56.4 Å². The summed E-state index contributed by atoms with van der Waals surface area (Å²) in [5, 5.41) is 65.7. The molecule has 9 N–H and O–H groups in total. The predicted octanol–water partition coefficient (Wildman–Crippen LogP) is 6.56. The second kappa shape index (κ2) is 51.4. The number of thiazole rings is 4. The molecule has 6 saturated heterocycles. The van der Waals surface area contributed by atoms with Crippen molar-refractivity contribution in [1.82, 2.24) is 85.1 Å². The van der Waals surface area contributed by atoms with Crippen molar-refractivity contribution in [3.63, 3.8) is 0 Å².